The predicted octanol–water partition coefficient (Wildman–Crippen LogP) is 6.66. The summed E-state index contributed by atoms with van der Waals surface area (Å²) < 4.78 is 0. The van der Waals surface area contributed by atoms with Crippen molar-refractivity contribution in [1.82, 2.24) is 9.80 Å². The van der Waals surface area contributed by atoms with E-state index in [0.29, 0.717) is 22.0 Å². The largest absolute Gasteiger partial charge is 0.338 e. The maximum atomic E-state index is 13.3. The van der Waals surface area contributed by atoms with Crippen molar-refractivity contribution >= 4 is 22.8 Å². The molecule has 210 valence electrons. The molecule has 1 amide bonds. The van der Waals surface area contributed by atoms with E-state index in [4.69, 9.17) is 0 Å². The van der Waals surface area contributed by atoms with Crippen LogP contribution >= 0.6 is 11.6 Å². The second-order valence-electron chi connectivity index (χ2n) is 13.3. The Kier molecular flexibility index (Phi) is 7.77. The number of nitrogens with zero attached hydrogens (tertiary/aromatic N) is 3. The van der Waals surface area contributed by atoms with Gasteiger partial charge in [-0.1, -0.05) is 24.6 Å². The summed E-state index contributed by atoms with van der Waals surface area (Å²) in [5.74, 6) is 3.52. The molecule has 3 saturated carbocycles. The minimum absolute atomic E-state index is 0.0427. The maximum absolute atomic E-state index is 13.3. The molecule has 5 nitrogen and oxygen atoms in total. The zero-order chi connectivity index (χ0) is 28.1. The van der Waals surface area contributed by atoms with Gasteiger partial charge < -0.3 is 9.80 Å². The topological polar surface area (TPSA) is 64.4 Å². The van der Waals surface area contributed by atoms with Crippen LogP contribution in [0.25, 0.3) is 0 Å². The predicted molar refractivity (Wildman–Crippen MR) is 155 cm³/mol. The highest BCUT2D eigenvalue weighted by molar-refractivity contribution is 6.62. The van der Waals surface area contributed by atoms with E-state index < -0.39 is 0 Å². The van der Waals surface area contributed by atoms with Gasteiger partial charge in [0.1, 0.15) is 0 Å². The molecule has 6 heteroatoms. The number of benzene rings is 1. The summed E-state index contributed by atoms with van der Waals surface area (Å²) in [5, 5.41) is 8.87. The third-order valence-corrected chi connectivity index (χ3v) is 11.8. The van der Waals surface area contributed by atoms with E-state index in [9.17, 15) is 14.9 Å². The molecule has 0 N–H and O–H groups in total. The molecule has 4 fully saturated rings. The standard InChI is InChI=1S/C31H41N3O.C2H3ClO/c1-20-26-10-11-28-25-9-8-23-17-24(34(4)29(35)22-7-5-6-21(16-22)18-32)12-14-30(23,2)27(25)13-15-31(26,28)19-33(20)3;1-2(3)4/h5-8,16,20,24-28H,9-15,17,19H2,1-4H3;1H3. The molecule has 0 radical (unpaired) electrons. The molecule has 1 aromatic rings. The number of allylic oxidation sites excluding steroid dienone is 1. The fourth-order valence-electron chi connectivity index (χ4n) is 9.87. The van der Waals surface area contributed by atoms with E-state index >= 15 is 0 Å². The molecule has 1 saturated heterocycles. The van der Waals surface area contributed by atoms with Gasteiger partial charge in [0.15, 0.2) is 0 Å². The van der Waals surface area contributed by atoms with Crippen LogP contribution in [0.2, 0.25) is 0 Å². The van der Waals surface area contributed by atoms with Crippen LogP contribution in [-0.4, -0.2) is 53.7 Å². The Hall–Kier alpha value is -2.16. The number of likely N-dealkylation sites (tertiary alicyclic amines) is 1. The van der Waals surface area contributed by atoms with Gasteiger partial charge in [0, 0.05) is 38.2 Å². The van der Waals surface area contributed by atoms with Crippen molar-refractivity contribution < 1.29 is 9.59 Å². The third kappa shape index (κ3) is 4.76. The molecule has 1 aromatic carbocycles. The zero-order valence-corrected chi connectivity index (χ0v) is 25.0. The quantitative estimate of drug-likeness (QED) is 0.305. The van der Waals surface area contributed by atoms with Gasteiger partial charge >= 0.3 is 0 Å². The van der Waals surface area contributed by atoms with Crippen molar-refractivity contribution in [2.24, 2.45) is 34.5 Å². The van der Waals surface area contributed by atoms with Crippen LogP contribution in [0.3, 0.4) is 0 Å². The molecule has 5 aliphatic rings. The van der Waals surface area contributed by atoms with E-state index in [0.717, 1.165) is 42.6 Å². The van der Waals surface area contributed by atoms with Gasteiger partial charge in [0.25, 0.3) is 5.91 Å². The van der Waals surface area contributed by atoms with Gasteiger partial charge in [-0.25, -0.2) is 0 Å². The van der Waals surface area contributed by atoms with Crippen molar-refractivity contribution in [3.63, 3.8) is 0 Å². The molecule has 6 rings (SSSR count). The first-order chi connectivity index (χ1) is 18.5. The fourth-order valence-corrected chi connectivity index (χ4v) is 9.87. The van der Waals surface area contributed by atoms with Crippen molar-refractivity contribution in [3.8, 4) is 6.07 Å². The Bertz CT molecular complexity index is 1200. The Morgan fingerprint density at radius 3 is 2.56 bits per heavy atom. The molecule has 8 unspecified atom stereocenters. The SMILES string of the molecule is CC(=O)Cl.CC1C2CCC3C4CC=C5CC(N(C)C(=O)c6cccc(C#N)c6)CCC5(C)C4CCC32CN1C. The highest BCUT2D eigenvalue weighted by Gasteiger charge is 2.64. The fraction of sp³-hybridized carbons (Fsp3) is 0.667. The summed E-state index contributed by atoms with van der Waals surface area (Å²) in [6.07, 6.45) is 12.9. The van der Waals surface area contributed by atoms with Gasteiger partial charge in [-0.05, 0) is 130 Å². The number of fused-ring (bicyclic) bond motifs is 4. The molecule has 1 spiro atoms. The third-order valence-electron chi connectivity index (χ3n) is 11.8. The van der Waals surface area contributed by atoms with Gasteiger partial charge in [0.05, 0.1) is 11.6 Å². The van der Waals surface area contributed by atoms with Crippen LogP contribution < -0.4 is 0 Å². The lowest BCUT2D eigenvalue weighted by Crippen LogP contribution is -2.53. The zero-order valence-electron chi connectivity index (χ0n) is 24.3. The van der Waals surface area contributed by atoms with Gasteiger partial charge in [-0.15, -0.1) is 0 Å². The lowest BCUT2D eigenvalue weighted by atomic mass is 9.47. The molecule has 4 aliphatic carbocycles. The van der Waals surface area contributed by atoms with Crippen LogP contribution in [0, 0.1) is 45.8 Å². The molecular weight excluding hydrogens is 506 g/mol. The first kappa shape index (κ1) is 28.4. The van der Waals surface area contributed by atoms with Crippen molar-refractivity contribution in [2.75, 3.05) is 20.6 Å². The van der Waals surface area contributed by atoms with E-state index in [1.54, 1.807) is 17.7 Å². The van der Waals surface area contributed by atoms with Crippen molar-refractivity contribution in [1.29, 1.82) is 5.26 Å². The van der Waals surface area contributed by atoms with Crippen LogP contribution in [0.15, 0.2) is 35.9 Å². The second-order valence-corrected chi connectivity index (χ2v) is 13.9. The first-order valence-electron chi connectivity index (χ1n) is 14.8. The molecule has 0 aromatic heterocycles. The van der Waals surface area contributed by atoms with E-state index in [1.165, 1.54) is 52.0 Å². The maximum Gasteiger partial charge on any atom is 0.253 e. The average molecular weight is 550 g/mol. The molecular formula is C33H44ClN3O2. The van der Waals surface area contributed by atoms with Crippen molar-refractivity contribution in [2.45, 2.75) is 84.2 Å². The van der Waals surface area contributed by atoms with E-state index in [-0.39, 0.29) is 17.2 Å². The van der Waals surface area contributed by atoms with Crippen LogP contribution in [0.4, 0.5) is 0 Å². The Morgan fingerprint density at radius 1 is 1.13 bits per heavy atom. The monoisotopic (exact) mass is 549 g/mol. The van der Waals surface area contributed by atoms with Crippen LogP contribution in [0.5, 0.6) is 0 Å². The Labute approximate surface area is 239 Å². The van der Waals surface area contributed by atoms with Crippen LogP contribution in [0.1, 0.15) is 88.1 Å². The number of hydrogen-bond donors (Lipinski definition) is 0. The smallest absolute Gasteiger partial charge is 0.253 e. The average Bonchev–Trinajstić information content (AvgIpc) is 3.40. The lowest BCUT2D eigenvalue weighted by molar-refractivity contribution is -0.109. The minimum Gasteiger partial charge on any atom is -0.338 e. The highest BCUT2D eigenvalue weighted by atomic mass is 35.5. The number of hydrogen-bond acceptors (Lipinski definition) is 4. The number of carbonyl (C=O) groups excluding carboxylic acids is 2. The van der Waals surface area contributed by atoms with Gasteiger partial charge in [0.2, 0.25) is 5.24 Å². The molecule has 8 atom stereocenters. The number of halogens is 1. The normalized spacial score (nSPS) is 38.5. The number of nitriles is 1. The first-order valence-corrected chi connectivity index (χ1v) is 15.2. The Morgan fingerprint density at radius 2 is 1.85 bits per heavy atom. The number of rotatable bonds is 2. The summed E-state index contributed by atoms with van der Waals surface area (Å²) >= 11 is 4.64. The van der Waals surface area contributed by atoms with Gasteiger partial charge in [-0.2, -0.15) is 5.26 Å². The molecule has 39 heavy (non-hydrogen) atoms. The summed E-state index contributed by atoms with van der Waals surface area (Å²) in [6, 6.07) is 10.3. The van der Waals surface area contributed by atoms with E-state index in [1.807, 2.05) is 24.1 Å². The molecule has 1 heterocycles. The number of carbonyl (C=O) groups is 2. The minimum atomic E-state index is -0.361. The van der Waals surface area contributed by atoms with Crippen LogP contribution in [-0.2, 0) is 4.79 Å². The Balaban J connectivity index is 0.000000723. The highest BCUT2D eigenvalue weighted by Crippen LogP contribution is 2.68. The number of amides is 1. The summed E-state index contributed by atoms with van der Waals surface area (Å²) in [4.78, 5) is 27.1. The molecule has 0 bridgehead atoms. The van der Waals surface area contributed by atoms with Crippen molar-refractivity contribution in [3.05, 3.63) is 47.0 Å². The summed E-state index contributed by atoms with van der Waals surface area (Å²) in [6.45, 7) is 7.66. The molecule has 1 aliphatic heterocycles. The van der Waals surface area contributed by atoms with Gasteiger partial charge in [-0.3, -0.25) is 9.59 Å². The summed E-state index contributed by atoms with van der Waals surface area (Å²) in [5.41, 5.74) is 3.69. The lowest BCUT2D eigenvalue weighted by Gasteiger charge is -2.58. The second kappa shape index (κ2) is 10.7. The summed E-state index contributed by atoms with van der Waals surface area (Å²) in [7, 11) is 4.32. The van der Waals surface area contributed by atoms with E-state index in [2.05, 4.69) is 49.5 Å².